The van der Waals surface area contributed by atoms with Crippen LogP contribution in [-0.2, 0) is 6.61 Å². The molecule has 0 bridgehead atoms. The lowest BCUT2D eigenvalue weighted by Crippen LogP contribution is -1.85. The summed E-state index contributed by atoms with van der Waals surface area (Å²) in [5.74, 6) is 0.0254. The minimum atomic E-state index is -0.236. The fourth-order valence-corrected chi connectivity index (χ4v) is 1.74. The van der Waals surface area contributed by atoms with Crippen LogP contribution in [0.25, 0.3) is 12.2 Å². The van der Waals surface area contributed by atoms with E-state index >= 15 is 0 Å². The highest BCUT2D eigenvalue weighted by molar-refractivity contribution is 5.71. The van der Waals surface area contributed by atoms with Gasteiger partial charge in [-0.3, -0.25) is 0 Å². The predicted octanol–water partition coefficient (Wildman–Crippen LogP) is 2.47. The number of rotatable bonds is 3. The first-order valence-electron chi connectivity index (χ1n) is 5.72. The molecule has 0 fully saturated rings. The third-order valence-corrected chi connectivity index (χ3v) is 2.67. The molecule has 4 N–H and O–H groups in total. The minimum absolute atomic E-state index is 0.0126. The molecule has 2 rings (SSSR count). The molecule has 0 amide bonds. The van der Waals surface area contributed by atoms with Crippen molar-refractivity contribution in [2.75, 3.05) is 0 Å². The van der Waals surface area contributed by atoms with Crippen LogP contribution in [0.3, 0.4) is 0 Å². The Hall–Kier alpha value is -2.46. The van der Waals surface area contributed by atoms with Crippen molar-refractivity contribution in [2.24, 2.45) is 0 Å². The van der Waals surface area contributed by atoms with Crippen molar-refractivity contribution in [3.63, 3.8) is 0 Å². The van der Waals surface area contributed by atoms with Gasteiger partial charge >= 0.3 is 0 Å². The van der Waals surface area contributed by atoms with Crippen LogP contribution in [-0.4, -0.2) is 20.4 Å². The predicted molar refractivity (Wildman–Crippen MR) is 72.7 cm³/mol. The van der Waals surface area contributed by atoms with E-state index < -0.39 is 0 Å². The number of phenols is 3. The Labute approximate surface area is 110 Å². The van der Waals surface area contributed by atoms with Gasteiger partial charge in [0.15, 0.2) is 0 Å². The quantitative estimate of drug-likeness (QED) is 0.637. The van der Waals surface area contributed by atoms with Crippen LogP contribution in [0.1, 0.15) is 16.7 Å². The molecule has 0 spiro atoms. The van der Waals surface area contributed by atoms with E-state index in [9.17, 15) is 15.3 Å². The van der Waals surface area contributed by atoms with Crippen LogP contribution in [0.2, 0.25) is 0 Å². The average Bonchev–Trinajstić information content (AvgIpc) is 2.36. The zero-order valence-corrected chi connectivity index (χ0v) is 10.1. The molecule has 0 aromatic heterocycles. The van der Waals surface area contributed by atoms with Gasteiger partial charge in [0.25, 0.3) is 0 Å². The number of benzene rings is 2. The van der Waals surface area contributed by atoms with Crippen LogP contribution in [0.5, 0.6) is 17.2 Å². The maximum absolute atomic E-state index is 9.44. The van der Waals surface area contributed by atoms with Gasteiger partial charge in [-0.25, -0.2) is 0 Å². The van der Waals surface area contributed by atoms with Crippen molar-refractivity contribution < 1.29 is 20.4 Å². The molecule has 4 nitrogen and oxygen atoms in total. The first-order valence-corrected chi connectivity index (χ1v) is 5.72. The Morgan fingerprint density at radius 2 is 1.42 bits per heavy atom. The SMILES string of the molecule is OCc1cc(/C=C/c2cc(O)cc(O)c2)ccc1O. The second kappa shape index (κ2) is 5.46. The number of phenolic OH excluding ortho intramolecular Hbond substituents is 2. The summed E-state index contributed by atoms with van der Waals surface area (Å²) in [6.45, 7) is -0.236. The van der Waals surface area contributed by atoms with Crippen molar-refractivity contribution in [3.05, 3.63) is 53.1 Å². The van der Waals surface area contributed by atoms with Gasteiger partial charge in [-0.15, -0.1) is 0 Å². The highest BCUT2D eigenvalue weighted by atomic mass is 16.3. The van der Waals surface area contributed by atoms with Gasteiger partial charge in [0.2, 0.25) is 0 Å². The van der Waals surface area contributed by atoms with Crippen LogP contribution in [0, 0.1) is 0 Å². The van der Waals surface area contributed by atoms with Gasteiger partial charge < -0.3 is 20.4 Å². The van der Waals surface area contributed by atoms with E-state index in [-0.39, 0.29) is 23.9 Å². The van der Waals surface area contributed by atoms with Gasteiger partial charge in [-0.2, -0.15) is 0 Å². The van der Waals surface area contributed by atoms with Gasteiger partial charge in [-0.1, -0.05) is 18.2 Å². The molecule has 0 aliphatic carbocycles. The second-order valence-electron chi connectivity index (χ2n) is 4.16. The highest BCUT2D eigenvalue weighted by Crippen LogP contribution is 2.23. The molecule has 19 heavy (non-hydrogen) atoms. The lowest BCUT2D eigenvalue weighted by Gasteiger charge is -2.02. The summed E-state index contributed by atoms with van der Waals surface area (Å²) in [4.78, 5) is 0. The van der Waals surface area contributed by atoms with Gasteiger partial charge in [0.05, 0.1) is 6.61 Å². The normalized spacial score (nSPS) is 11.0. The van der Waals surface area contributed by atoms with Crippen molar-refractivity contribution in [1.29, 1.82) is 0 Å². The van der Waals surface area contributed by atoms with Crippen molar-refractivity contribution >= 4 is 12.2 Å². The van der Waals surface area contributed by atoms with E-state index in [1.807, 2.05) is 0 Å². The Bertz CT molecular complexity index is 597. The lowest BCUT2D eigenvalue weighted by atomic mass is 10.1. The summed E-state index contributed by atoms with van der Waals surface area (Å²) in [5.41, 5.74) is 1.89. The van der Waals surface area contributed by atoms with Gasteiger partial charge in [0, 0.05) is 11.6 Å². The number of aromatic hydroxyl groups is 3. The summed E-state index contributed by atoms with van der Waals surface area (Å²) in [6, 6.07) is 9.15. The van der Waals surface area contributed by atoms with Crippen LogP contribution in [0.15, 0.2) is 36.4 Å². The first-order chi connectivity index (χ1) is 9.08. The van der Waals surface area contributed by atoms with Gasteiger partial charge in [-0.05, 0) is 35.4 Å². The topological polar surface area (TPSA) is 80.9 Å². The standard InChI is InChI=1S/C15H14O4/c16-9-12-5-10(3-4-15(12)19)1-2-11-6-13(17)8-14(18)7-11/h1-8,16-19H,9H2/b2-1+. The fraction of sp³-hybridized carbons (Fsp3) is 0.0667. The van der Waals surface area contributed by atoms with E-state index in [2.05, 4.69) is 0 Å². The van der Waals surface area contributed by atoms with E-state index in [0.29, 0.717) is 11.1 Å². The van der Waals surface area contributed by atoms with Crippen LogP contribution >= 0.6 is 0 Å². The average molecular weight is 258 g/mol. The summed E-state index contributed by atoms with van der Waals surface area (Å²) < 4.78 is 0. The smallest absolute Gasteiger partial charge is 0.121 e. The third-order valence-electron chi connectivity index (χ3n) is 2.67. The number of hydrogen-bond donors (Lipinski definition) is 4. The molecule has 0 radical (unpaired) electrons. The summed E-state index contributed by atoms with van der Waals surface area (Å²) >= 11 is 0. The molecule has 2 aromatic rings. The molecular formula is C15H14O4. The highest BCUT2D eigenvalue weighted by Gasteiger charge is 2.00. The maximum atomic E-state index is 9.44. The van der Waals surface area contributed by atoms with Gasteiger partial charge in [0.1, 0.15) is 17.2 Å². The summed E-state index contributed by atoms with van der Waals surface area (Å²) in [5, 5.41) is 37.2. The summed E-state index contributed by atoms with van der Waals surface area (Å²) in [6.07, 6.45) is 3.47. The molecular weight excluding hydrogens is 244 g/mol. The fourth-order valence-electron chi connectivity index (χ4n) is 1.74. The summed E-state index contributed by atoms with van der Waals surface area (Å²) in [7, 11) is 0. The molecule has 0 heterocycles. The van der Waals surface area contributed by atoms with Crippen molar-refractivity contribution in [2.45, 2.75) is 6.61 Å². The molecule has 0 aliphatic rings. The zero-order chi connectivity index (χ0) is 13.8. The van der Waals surface area contributed by atoms with E-state index in [4.69, 9.17) is 5.11 Å². The molecule has 2 aromatic carbocycles. The first kappa shape index (κ1) is 13.0. The molecule has 0 unspecified atom stereocenters. The molecule has 0 saturated heterocycles. The van der Waals surface area contributed by atoms with E-state index in [1.54, 1.807) is 24.3 Å². The Kier molecular flexibility index (Phi) is 3.73. The Balaban J connectivity index is 2.27. The Morgan fingerprint density at radius 3 is 2.05 bits per heavy atom. The number of aliphatic hydroxyl groups is 1. The van der Waals surface area contributed by atoms with Crippen LogP contribution in [0.4, 0.5) is 0 Å². The molecule has 98 valence electrons. The second-order valence-corrected chi connectivity index (χ2v) is 4.16. The molecule has 0 saturated carbocycles. The largest absolute Gasteiger partial charge is 0.508 e. The minimum Gasteiger partial charge on any atom is -0.508 e. The van der Waals surface area contributed by atoms with Crippen molar-refractivity contribution in [3.8, 4) is 17.2 Å². The molecule has 0 atom stereocenters. The number of aliphatic hydroxyl groups excluding tert-OH is 1. The monoisotopic (exact) mass is 258 g/mol. The maximum Gasteiger partial charge on any atom is 0.121 e. The number of hydrogen-bond acceptors (Lipinski definition) is 4. The van der Waals surface area contributed by atoms with E-state index in [1.165, 1.54) is 24.3 Å². The van der Waals surface area contributed by atoms with Crippen molar-refractivity contribution in [1.82, 2.24) is 0 Å². The third kappa shape index (κ3) is 3.26. The molecule has 0 aliphatic heterocycles. The molecule has 4 heteroatoms. The van der Waals surface area contributed by atoms with Crippen LogP contribution < -0.4 is 0 Å². The zero-order valence-electron chi connectivity index (χ0n) is 10.1. The van der Waals surface area contributed by atoms with E-state index in [0.717, 1.165) is 5.56 Å². The lowest BCUT2D eigenvalue weighted by molar-refractivity contribution is 0.275. The Morgan fingerprint density at radius 1 is 0.789 bits per heavy atom.